The van der Waals surface area contributed by atoms with Gasteiger partial charge in [-0.3, -0.25) is 0 Å². The Kier molecular flexibility index (Phi) is 3.90. The van der Waals surface area contributed by atoms with Gasteiger partial charge in [-0.15, -0.1) is 0 Å². The monoisotopic (exact) mass is 288 g/mol. The molecule has 0 spiro atoms. The first-order valence-electron chi connectivity index (χ1n) is 6.78. The molecule has 1 fully saturated rings. The first kappa shape index (κ1) is 13.4. The van der Waals surface area contributed by atoms with Crippen LogP contribution in [0.25, 0.3) is 11.1 Å². The van der Waals surface area contributed by atoms with Gasteiger partial charge in [0.15, 0.2) is 0 Å². The molecule has 1 aliphatic rings. The highest BCUT2D eigenvalue weighted by molar-refractivity contribution is 6.33. The zero-order valence-corrected chi connectivity index (χ0v) is 12.2. The van der Waals surface area contributed by atoms with Crippen molar-refractivity contribution in [1.29, 1.82) is 0 Å². The Bertz CT molecular complexity index is 594. The van der Waals surface area contributed by atoms with Crippen LogP contribution in [-0.4, -0.2) is 18.1 Å². The lowest BCUT2D eigenvalue weighted by atomic mass is 10.1. The average Bonchev–Trinajstić information content (AvgIpc) is 3.30. The zero-order valence-electron chi connectivity index (χ0n) is 11.4. The first-order valence-corrected chi connectivity index (χ1v) is 7.16. The van der Waals surface area contributed by atoms with Crippen molar-refractivity contribution in [2.45, 2.75) is 25.4 Å². The molecule has 1 aromatic carbocycles. The summed E-state index contributed by atoms with van der Waals surface area (Å²) in [7, 11) is 1.61. The van der Waals surface area contributed by atoms with E-state index in [-0.39, 0.29) is 0 Å². The average molecular weight is 289 g/mol. The molecule has 4 heteroatoms. The molecular formula is C16H17ClN2O. The second-order valence-electron chi connectivity index (χ2n) is 5.06. The Morgan fingerprint density at radius 3 is 2.75 bits per heavy atom. The van der Waals surface area contributed by atoms with Crippen molar-refractivity contribution < 1.29 is 4.74 Å². The van der Waals surface area contributed by atoms with Crippen LogP contribution in [0.5, 0.6) is 5.88 Å². The maximum absolute atomic E-state index is 6.38. The van der Waals surface area contributed by atoms with E-state index in [0.717, 1.165) is 22.7 Å². The lowest BCUT2D eigenvalue weighted by Gasteiger charge is -2.08. The van der Waals surface area contributed by atoms with Crippen LogP contribution in [0.15, 0.2) is 36.5 Å². The number of nitrogens with one attached hydrogen (secondary N) is 1. The molecule has 0 saturated heterocycles. The number of benzene rings is 1. The van der Waals surface area contributed by atoms with Gasteiger partial charge < -0.3 is 10.1 Å². The quantitative estimate of drug-likeness (QED) is 0.912. The fraction of sp³-hybridized carbons (Fsp3) is 0.312. The van der Waals surface area contributed by atoms with Gasteiger partial charge in [0, 0.05) is 41.0 Å². The van der Waals surface area contributed by atoms with Crippen molar-refractivity contribution in [3.63, 3.8) is 0 Å². The predicted octanol–water partition coefficient (Wildman–Crippen LogP) is 3.66. The van der Waals surface area contributed by atoms with Gasteiger partial charge >= 0.3 is 0 Å². The third kappa shape index (κ3) is 3.11. The van der Waals surface area contributed by atoms with Crippen molar-refractivity contribution in [3.8, 4) is 17.0 Å². The molecule has 1 aromatic heterocycles. The molecule has 1 aliphatic carbocycles. The van der Waals surface area contributed by atoms with Crippen LogP contribution in [0, 0.1) is 0 Å². The zero-order chi connectivity index (χ0) is 13.9. The smallest absolute Gasteiger partial charge is 0.212 e. The van der Waals surface area contributed by atoms with Crippen molar-refractivity contribution in [2.75, 3.05) is 7.11 Å². The van der Waals surface area contributed by atoms with Crippen molar-refractivity contribution >= 4 is 11.6 Å². The number of methoxy groups -OCH3 is 1. The maximum atomic E-state index is 6.38. The molecular weight excluding hydrogens is 272 g/mol. The van der Waals surface area contributed by atoms with Gasteiger partial charge in [-0.25, -0.2) is 4.98 Å². The van der Waals surface area contributed by atoms with Crippen molar-refractivity contribution in [1.82, 2.24) is 10.3 Å². The van der Waals surface area contributed by atoms with Crippen LogP contribution in [0.2, 0.25) is 5.02 Å². The number of nitrogens with zero attached hydrogens (tertiary/aromatic N) is 1. The number of ether oxygens (including phenoxy) is 1. The predicted molar refractivity (Wildman–Crippen MR) is 81.1 cm³/mol. The Morgan fingerprint density at radius 2 is 2.15 bits per heavy atom. The molecule has 0 radical (unpaired) electrons. The minimum Gasteiger partial charge on any atom is -0.481 e. The minimum atomic E-state index is 0.607. The molecule has 20 heavy (non-hydrogen) atoms. The molecule has 1 heterocycles. The Hall–Kier alpha value is -1.58. The van der Waals surface area contributed by atoms with Gasteiger partial charge in [-0.1, -0.05) is 23.7 Å². The van der Waals surface area contributed by atoms with Crippen LogP contribution < -0.4 is 10.1 Å². The summed E-state index contributed by atoms with van der Waals surface area (Å²) in [5.74, 6) is 0.607. The SMILES string of the molecule is COc1ccc(-c2ccc(CNC3CC3)cc2Cl)cn1. The van der Waals surface area contributed by atoms with Gasteiger partial charge in [0.1, 0.15) is 0 Å². The summed E-state index contributed by atoms with van der Waals surface area (Å²) in [5.41, 5.74) is 3.21. The number of hydrogen-bond donors (Lipinski definition) is 1. The number of pyridine rings is 1. The Balaban J connectivity index is 1.77. The highest BCUT2D eigenvalue weighted by Gasteiger charge is 2.20. The second-order valence-corrected chi connectivity index (χ2v) is 5.47. The normalized spacial score (nSPS) is 14.3. The van der Waals surface area contributed by atoms with E-state index in [1.54, 1.807) is 13.3 Å². The fourth-order valence-corrected chi connectivity index (χ4v) is 2.42. The third-order valence-electron chi connectivity index (χ3n) is 3.46. The largest absolute Gasteiger partial charge is 0.481 e. The highest BCUT2D eigenvalue weighted by Crippen LogP contribution is 2.29. The van der Waals surface area contributed by atoms with Gasteiger partial charge in [0.25, 0.3) is 0 Å². The summed E-state index contributed by atoms with van der Waals surface area (Å²) in [6.45, 7) is 0.880. The molecule has 3 nitrogen and oxygen atoms in total. The summed E-state index contributed by atoms with van der Waals surface area (Å²) in [6, 6.07) is 10.7. The van der Waals surface area contributed by atoms with Gasteiger partial charge in [0.05, 0.1) is 7.11 Å². The summed E-state index contributed by atoms with van der Waals surface area (Å²) < 4.78 is 5.06. The van der Waals surface area contributed by atoms with E-state index in [9.17, 15) is 0 Å². The summed E-state index contributed by atoms with van der Waals surface area (Å²) in [5, 5.41) is 4.24. The van der Waals surface area contributed by atoms with Gasteiger partial charge in [-0.05, 0) is 30.5 Å². The van der Waals surface area contributed by atoms with E-state index in [0.29, 0.717) is 11.9 Å². The molecule has 0 amide bonds. The van der Waals surface area contributed by atoms with Crippen LogP contribution in [0.4, 0.5) is 0 Å². The molecule has 0 unspecified atom stereocenters. The first-order chi connectivity index (χ1) is 9.76. The Morgan fingerprint density at radius 1 is 1.30 bits per heavy atom. The van der Waals surface area contributed by atoms with E-state index in [1.807, 2.05) is 18.2 Å². The number of rotatable bonds is 5. The van der Waals surface area contributed by atoms with Crippen molar-refractivity contribution in [3.05, 3.63) is 47.1 Å². The fourth-order valence-electron chi connectivity index (χ4n) is 2.11. The Labute approximate surface area is 123 Å². The topological polar surface area (TPSA) is 34.1 Å². The van der Waals surface area contributed by atoms with Gasteiger partial charge in [-0.2, -0.15) is 0 Å². The third-order valence-corrected chi connectivity index (χ3v) is 3.77. The van der Waals surface area contributed by atoms with Crippen LogP contribution in [0.3, 0.4) is 0 Å². The second kappa shape index (κ2) is 5.81. The van der Waals surface area contributed by atoms with E-state index in [4.69, 9.17) is 16.3 Å². The number of halogens is 1. The van der Waals surface area contributed by atoms with Crippen molar-refractivity contribution in [2.24, 2.45) is 0 Å². The lowest BCUT2D eigenvalue weighted by Crippen LogP contribution is -2.15. The minimum absolute atomic E-state index is 0.607. The van der Waals surface area contributed by atoms with E-state index >= 15 is 0 Å². The molecule has 0 aliphatic heterocycles. The molecule has 104 valence electrons. The van der Waals surface area contributed by atoms with E-state index in [2.05, 4.69) is 22.4 Å². The molecule has 2 aromatic rings. The molecule has 1 saturated carbocycles. The highest BCUT2D eigenvalue weighted by atomic mass is 35.5. The standard InChI is InChI=1S/C16H17ClN2O/c1-20-16-7-3-12(10-19-16)14-6-2-11(8-15(14)17)9-18-13-4-5-13/h2-3,6-8,10,13,18H,4-5,9H2,1H3. The van der Waals surface area contributed by atoms with E-state index in [1.165, 1.54) is 18.4 Å². The van der Waals surface area contributed by atoms with E-state index < -0.39 is 0 Å². The molecule has 0 atom stereocenters. The summed E-state index contributed by atoms with van der Waals surface area (Å²) >= 11 is 6.38. The van der Waals surface area contributed by atoms with Crippen LogP contribution >= 0.6 is 11.6 Å². The van der Waals surface area contributed by atoms with Crippen LogP contribution in [-0.2, 0) is 6.54 Å². The summed E-state index contributed by atoms with van der Waals surface area (Å²) in [6.07, 6.45) is 4.37. The summed E-state index contributed by atoms with van der Waals surface area (Å²) in [4.78, 5) is 4.21. The number of hydrogen-bond acceptors (Lipinski definition) is 3. The molecule has 3 rings (SSSR count). The lowest BCUT2D eigenvalue weighted by molar-refractivity contribution is 0.398. The van der Waals surface area contributed by atoms with Crippen LogP contribution in [0.1, 0.15) is 18.4 Å². The molecule has 0 bridgehead atoms. The molecule has 1 N–H and O–H groups in total. The van der Waals surface area contributed by atoms with Gasteiger partial charge in [0.2, 0.25) is 5.88 Å². The maximum Gasteiger partial charge on any atom is 0.212 e. The number of aromatic nitrogens is 1.